The van der Waals surface area contributed by atoms with E-state index in [0.717, 1.165) is 104 Å². The minimum Gasteiger partial charge on any atom is -0.496 e. The number of likely N-dealkylation sites (tertiary alicyclic amines) is 1. The monoisotopic (exact) mass is 618 g/mol. The fourth-order valence-electron chi connectivity index (χ4n) is 6.08. The Bertz CT molecular complexity index is 1290. The molecule has 1 aliphatic heterocycles. The Kier molecular flexibility index (Phi) is 13.7. The van der Waals surface area contributed by atoms with Gasteiger partial charge in [-0.25, -0.2) is 4.79 Å². The van der Waals surface area contributed by atoms with Crippen LogP contribution in [-0.4, -0.2) is 93.3 Å². The van der Waals surface area contributed by atoms with Crippen molar-refractivity contribution in [3.63, 3.8) is 0 Å². The maximum atomic E-state index is 12.7. The number of amides is 1. The molecule has 0 spiro atoms. The Morgan fingerprint density at radius 3 is 2.40 bits per heavy atom. The van der Waals surface area contributed by atoms with Gasteiger partial charge < -0.3 is 28.7 Å². The van der Waals surface area contributed by atoms with Crippen LogP contribution in [0.4, 0.5) is 10.5 Å². The van der Waals surface area contributed by atoms with E-state index < -0.39 is 12.2 Å². The van der Waals surface area contributed by atoms with Crippen LogP contribution in [0.3, 0.4) is 0 Å². The maximum absolute atomic E-state index is 12.7. The number of carbonyl (C=O) groups excluding carboxylic acids is 1. The summed E-state index contributed by atoms with van der Waals surface area (Å²) in [6, 6.07) is 25.8. The zero-order chi connectivity index (χ0) is 31.9. The smallest absolute Gasteiger partial charge is 0.411 e. The SMILES string of the molecule is COc1ccccc1COCCCCCC[N+](C)(C)CC(O)CN1CCC(OC(=O)Nc2ccccc2-c2ccccc2)CC1. The number of methoxy groups -OCH3 is 1. The van der Waals surface area contributed by atoms with Crippen LogP contribution < -0.4 is 10.1 Å². The predicted octanol–water partition coefficient (Wildman–Crippen LogP) is 6.59. The molecule has 0 radical (unpaired) electrons. The standard InChI is InChI=1S/C37H51N3O5/c1-40(2,25-13-4-5-14-26-44-29-31-17-9-12-20-36(31)43-3)28-32(41)27-39-23-21-33(22-24-39)45-37(42)38-35-19-11-10-18-34(35)30-15-7-6-8-16-30/h6-12,15-20,32-33,41H,4-5,13-14,21-29H2,1-3H3/p+1. The van der Waals surface area contributed by atoms with E-state index in [0.29, 0.717) is 13.2 Å². The number of hydrogen-bond acceptors (Lipinski definition) is 6. The van der Waals surface area contributed by atoms with Crippen molar-refractivity contribution in [2.45, 2.75) is 57.3 Å². The number of benzene rings is 3. The van der Waals surface area contributed by atoms with Crippen LogP contribution in [0, 0.1) is 0 Å². The second-order valence-electron chi connectivity index (χ2n) is 12.7. The Labute approximate surface area is 269 Å². The lowest BCUT2D eigenvalue weighted by Crippen LogP contribution is -2.50. The molecule has 1 aliphatic rings. The lowest BCUT2D eigenvalue weighted by atomic mass is 10.0. The number of anilines is 1. The van der Waals surface area contributed by atoms with Gasteiger partial charge in [0.1, 0.15) is 24.5 Å². The normalized spacial score (nSPS) is 15.0. The van der Waals surface area contributed by atoms with Gasteiger partial charge in [0, 0.05) is 37.4 Å². The van der Waals surface area contributed by atoms with Crippen LogP contribution in [0.2, 0.25) is 0 Å². The van der Waals surface area contributed by atoms with Crippen molar-refractivity contribution in [3.05, 3.63) is 84.4 Å². The molecule has 3 aromatic rings. The molecule has 1 fully saturated rings. The van der Waals surface area contributed by atoms with Gasteiger partial charge in [-0.15, -0.1) is 0 Å². The van der Waals surface area contributed by atoms with Crippen LogP contribution in [0.25, 0.3) is 11.1 Å². The Morgan fingerprint density at radius 2 is 1.62 bits per heavy atom. The number of piperidine rings is 1. The summed E-state index contributed by atoms with van der Waals surface area (Å²) >= 11 is 0. The summed E-state index contributed by atoms with van der Waals surface area (Å²) in [5.74, 6) is 0.875. The van der Waals surface area contributed by atoms with Gasteiger partial charge in [-0.1, -0.05) is 73.2 Å². The summed E-state index contributed by atoms with van der Waals surface area (Å²) in [7, 11) is 6.09. The predicted molar refractivity (Wildman–Crippen MR) is 180 cm³/mol. The van der Waals surface area contributed by atoms with Crippen molar-refractivity contribution < 1.29 is 28.6 Å². The van der Waals surface area contributed by atoms with Crippen molar-refractivity contribution in [1.29, 1.82) is 0 Å². The molecule has 1 heterocycles. The number of β-amino-alcohol motifs (C(OH)–C–C–N with tert-alkyl or cyclic N) is 1. The third kappa shape index (κ3) is 11.8. The first kappa shape index (κ1) is 34.4. The van der Waals surface area contributed by atoms with Crippen molar-refractivity contribution in [2.24, 2.45) is 0 Å². The molecule has 8 heteroatoms. The number of nitrogens with zero attached hydrogens (tertiary/aromatic N) is 2. The first-order valence-electron chi connectivity index (χ1n) is 16.4. The Morgan fingerprint density at radius 1 is 0.933 bits per heavy atom. The molecular weight excluding hydrogens is 566 g/mol. The van der Waals surface area contributed by atoms with Crippen molar-refractivity contribution in [3.8, 4) is 16.9 Å². The molecular formula is C37H52N3O5+. The molecule has 4 rings (SSSR count). The largest absolute Gasteiger partial charge is 0.496 e. The van der Waals surface area contributed by atoms with Crippen LogP contribution in [-0.2, 0) is 16.1 Å². The minimum atomic E-state index is -0.420. The molecule has 0 saturated carbocycles. The Balaban J connectivity index is 1.07. The van der Waals surface area contributed by atoms with Crippen molar-refractivity contribution >= 4 is 11.8 Å². The van der Waals surface area contributed by atoms with Crippen molar-refractivity contribution in [1.82, 2.24) is 4.90 Å². The van der Waals surface area contributed by atoms with E-state index >= 15 is 0 Å². The molecule has 0 aromatic heterocycles. The number of ether oxygens (including phenoxy) is 3. The van der Waals surface area contributed by atoms with Crippen molar-refractivity contribution in [2.75, 3.05) is 65.9 Å². The number of likely N-dealkylation sites (N-methyl/N-ethyl adjacent to an activating group) is 1. The summed E-state index contributed by atoms with van der Waals surface area (Å²) < 4.78 is 17.8. The number of quaternary nitrogens is 1. The van der Waals surface area contributed by atoms with Gasteiger partial charge in [-0.2, -0.15) is 0 Å². The second kappa shape index (κ2) is 17.9. The van der Waals surface area contributed by atoms with Crippen LogP contribution in [0.15, 0.2) is 78.9 Å². The summed E-state index contributed by atoms with van der Waals surface area (Å²) in [5.41, 5.74) is 3.83. The molecule has 45 heavy (non-hydrogen) atoms. The number of aliphatic hydroxyl groups is 1. The number of carbonyl (C=O) groups is 1. The van der Waals surface area contributed by atoms with Gasteiger partial charge in [-0.05, 0) is 49.8 Å². The van der Waals surface area contributed by atoms with Gasteiger partial charge in [0.05, 0.1) is 40.0 Å². The molecule has 0 bridgehead atoms. The molecule has 2 N–H and O–H groups in total. The van der Waals surface area contributed by atoms with E-state index in [1.807, 2.05) is 78.9 Å². The fraction of sp³-hybridized carbons (Fsp3) is 0.486. The van der Waals surface area contributed by atoms with Gasteiger partial charge in [0.25, 0.3) is 0 Å². The highest BCUT2D eigenvalue weighted by Gasteiger charge is 2.27. The molecule has 8 nitrogen and oxygen atoms in total. The van der Waals surface area contributed by atoms with E-state index in [4.69, 9.17) is 14.2 Å². The molecule has 1 amide bonds. The molecule has 244 valence electrons. The number of rotatable bonds is 17. The summed E-state index contributed by atoms with van der Waals surface area (Å²) in [5, 5.41) is 13.8. The topological polar surface area (TPSA) is 80.3 Å². The average molecular weight is 619 g/mol. The number of aliphatic hydroxyl groups excluding tert-OH is 1. The highest BCUT2D eigenvalue weighted by molar-refractivity contribution is 5.91. The van der Waals surface area contributed by atoms with E-state index in [-0.39, 0.29) is 6.10 Å². The fourth-order valence-corrected chi connectivity index (χ4v) is 6.08. The second-order valence-corrected chi connectivity index (χ2v) is 12.7. The van der Waals surface area contributed by atoms with E-state index in [1.54, 1.807) is 7.11 Å². The summed E-state index contributed by atoms with van der Waals surface area (Å²) in [4.78, 5) is 15.0. The average Bonchev–Trinajstić information content (AvgIpc) is 3.03. The van der Waals surface area contributed by atoms with E-state index in [9.17, 15) is 9.90 Å². The Hall–Kier alpha value is -3.43. The van der Waals surface area contributed by atoms with Gasteiger partial charge in [0.2, 0.25) is 0 Å². The van der Waals surface area contributed by atoms with Gasteiger partial charge in [0.15, 0.2) is 0 Å². The molecule has 0 aliphatic carbocycles. The van der Waals surface area contributed by atoms with Crippen LogP contribution in [0.5, 0.6) is 5.75 Å². The summed E-state index contributed by atoms with van der Waals surface area (Å²) in [6.07, 6.45) is 5.08. The highest BCUT2D eigenvalue weighted by Crippen LogP contribution is 2.28. The molecule has 1 atom stereocenters. The number of hydrogen-bond donors (Lipinski definition) is 2. The minimum absolute atomic E-state index is 0.124. The number of unbranched alkanes of at least 4 members (excludes halogenated alkanes) is 3. The first-order valence-corrected chi connectivity index (χ1v) is 16.4. The lowest BCUT2D eigenvalue weighted by Gasteiger charge is -2.36. The number of para-hydroxylation sites is 2. The van der Waals surface area contributed by atoms with Gasteiger partial charge >= 0.3 is 6.09 Å². The zero-order valence-electron chi connectivity index (χ0n) is 27.3. The molecule has 1 saturated heterocycles. The number of nitrogens with one attached hydrogen (secondary N) is 1. The van der Waals surface area contributed by atoms with Gasteiger partial charge in [-0.3, -0.25) is 5.32 Å². The third-order valence-corrected chi connectivity index (χ3v) is 8.48. The highest BCUT2D eigenvalue weighted by atomic mass is 16.6. The molecule has 1 unspecified atom stereocenters. The maximum Gasteiger partial charge on any atom is 0.411 e. The van der Waals surface area contributed by atoms with Crippen LogP contribution >= 0.6 is 0 Å². The first-order chi connectivity index (χ1) is 21.8. The lowest BCUT2D eigenvalue weighted by molar-refractivity contribution is -0.893. The molecule has 3 aromatic carbocycles. The summed E-state index contributed by atoms with van der Waals surface area (Å²) in [6.45, 7) is 5.36. The van der Waals surface area contributed by atoms with E-state index in [1.165, 1.54) is 0 Å². The zero-order valence-corrected chi connectivity index (χ0v) is 27.3. The quantitative estimate of drug-likeness (QED) is 0.131. The third-order valence-electron chi connectivity index (χ3n) is 8.48. The van der Waals surface area contributed by atoms with E-state index in [2.05, 4.69) is 24.3 Å². The van der Waals surface area contributed by atoms with Crippen LogP contribution in [0.1, 0.15) is 44.1 Å².